The van der Waals surface area contributed by atoms with Crippen LogP contribution in [0.2, 0.25) is 0 Å². The molecule has 3 aromatic heterocycles. The molecule has 10 heteroatoms. The molecule has 1 saturated heterocycles. The third kappa shape index (κ3) is 4.37. The first kappa shape index (κ1) is 20.1. The zero-order valence-electron chi connectivity index (χ0n) is 16.1. The van der Waals surface area contributed by atoms with Crippen LogP contribution in [0.3, 0.4) is 0 Å². The summed E-state index contributed by atoms with van der Waals surface area (Å²) >= 11 is 0. The van der Waals surface area contributed by atoms with E-state index in [1.54, 1.807) is 12.4 Å². The number of aromatic nitrogens is 4. The van der Waals surface area contributed by atoms with Crippen LogP contribution >= 0.6 is 0 Å². The monoisotopic (exact) mass is 418 g/mol. The number of nitrogens with one attached hydrogen (secondary N) is 1. The Labute approximate surface area is 170 Å². The van der Waals surface area contributed by atoms with E-state index in [-0.39, 0.29) is 11.8 Å². The molecule has 1 fully saturated rings. The van der Waals surface area contributed by atoms with Gasteiger partial charge < -0.3 is 10.2 Å². The second-order valence-electron chi connectivity index (χ2n) is 7.33. The van der Waals surface area contributed by atoms with Crippen molar-refractivity contribution >= 4 is 17.5 Å². The minimum Gasteiger partial charge on any atom is -0.355 e. The van der Waals surface area contributed by atoms with Crippen LogP contribution in [0.25, 0.3) is 5.65 Å². The maximum absolute atomic E-state index is 13.1. The van der Waals surface area contributed by atoms with Gasteiger partial charge in [0.25, 0.3) is 0 Å². The van der Waals surface area contributed by atoms with Crippen LogP contribution < -0.4 is 10.2 Å². The highest BCUT2D eigenvalue weighted by Gasteiger charge is 2.32. The van der Waals surface area contributed by atoms with Crippen molar-refractivity contribution in [3.63, 3.8) is 0 Å². The smallest absolute Gasteiger partial charge is 0.355 e. The Bertz CT molecular complexity index is 1020. The predicted molar refractivity (Wildman–Crippen MR) is 104 cm³/mol. The number of halogens is 3. The van der Waals surface area contributed by atoms with Crippen LogP contribution in [0.1, 0.15) is 24.0 Å². The highest BCUT2D eigenvalue weighted by atomic mass is 19.4. The van der Waals surface area contributed by atoms with Gasteiger partial charge in [-0.15, -0.1) is 10.2 Å². The molecule has 0 aromatic carbocycles. The topological polar surface area (TPSA) is 75.4 Å². The van der Waals surface area contributed by atoms with Crippen LogP contribution in [0.15, 0.2) is 42.9 Å². The van der Waals surface area contributed by atoms with E-state index in [0.29, 0.717) is 37.7 Å². The molecule has 0 spiro atoms. The van der Waals surface area contributed by atoms with Crippen molar-refractivity contribution in [2.24, 2.45) is 5.92 Å². The number of anilines is 1. The number of hydrogen-bond acceptors (Lipinski definition) is 5. The van der Waals surface area contributed by atoms with Crippen LogP contribution in [0, 0.1) is 5.92 Å². The quantitative estimate of drug-likeness (QED) is 0.690. The fourth-order valence-electron chi connectivity index (χ4n) is 3.66. The van der Waals surface area contributed by atoms with Crippen LogP contribution in [-0.2, 0) is 17.4 Å². The molecule has 1 amide bonds. The fourth-order valence-corrected chi connectivity index (χ4v) is 3.66. The van der Waals surface area contributed by atoms with Gasteiger partial charge in [0.1, 0.15) is 0 Å². The minimum atomic E-state index is -4.45. The third-order valence-electron chi connectivity index (χ3n) is 5.22. The molecule has 30 heavy (non-hydrogen) atoms. The van der Waals surface area contributed by atoms with Crippen molar-refractivity contribution in [1.29, 1.82) is 0 Å². The fraction of sp³-hybridized carbons (Fsp3) is 0.400. The Morgan fingerprint density at radius 3 is 2.87 bits per heavy atom. The Balaban J connectivity index is 1.43. The maximum Gasteiger partial charge on any atom is 0.417 e. The number of pyridine rings is 2. The summed E-state index contributed by atoms with van der Waals surface area (Å²) < 4.78 is 40.6. The summed E-state index contributed by atoms with van der Waals surface area (Å²) in [6, 6.07) is 6.09. The van der Waals surface area contributed by atoms with Gasteiger partial charge in [-0.25, -0.2) is 0 Å². The number of carbonyl (C=O) groups excluding carboxylic acids is 1. The molecule has 1 aliphatic heterocycles. The lowest BCUT2D eigenvalue weighted by atomic mass is 9.97. The first-order chi connectivity index (χ1) is 14.4. The van der Waals surface area contributed by atoms with Gasteiger partial charge in [0.2, 0.25) is 11.9 Å². The van der Waals surface area contributed by atoms with E-state index in [9.17, 15) is 18.0 Å². The normalized spacial score (nSPS) is 17.3. The van der Waals surface area contributed by atoms with Gasteiger partial charge >= 0.3 is 6.18 Å². The van der Waals surface area contributed by atoms with Crippen LogP contribution in [0.4, 0.5) is 19.1 Å². The van der Waals surface area contributed by atoms with Crippen LogP contribution in [0.5, 0.6) is 0 Å². The van der Waals surface area contributed by atoms with Crippen LogP contribution in [-0.4, -0.2) is 45.1 Å². The molecule has 1 aliphatic rings. The first-order valence-corrected chi connectivity index (χ1v) is 9.75. The SMILES string of the molecule is O=C(NCCc1cccnc1)[C@@H]1CCCN(c2nnc3ccc(C(F)(F)F)cn23)C1. The number of amides is 1. The molecule has 158 valence electrons. The Morgan fingerprint density at radius 2 is 2.10 bits per heavy atom. The van der Waals surface area contributed by atoms with E-state index < -0.39 is 11.7 Å². The molecule has 4 rings (SSSR count). The zero-order valence-corrected chi connectivity index (χ0v) is 16.1. The number of fused-ring (bicyclic) bond motifs is 1. The van der Waals surface area contributed by atoms with Gasteiger partial charge in [-0.2, -0.15) is 13.2 Å². The van der Waals surface area contributed by atoms with E-state index in [4.69, 9.17) is 0 Å². The number of carbonyl (C=O) groups is 1. The van der Waals surface area contributed by atoms with Crippen molar-refractivity contribution in [2.45, 2.75) is 25.4 Å². The number of rotatable bonds is 5. The van der Waals surface area contributed by atoms with Crippen molar-refractivity contribution in [3.05, 3.63) is 54.0 Å². The molecule has 4 heterocycles. The molecule has 1 N–H and O–H groups in total. The van der Waals surface area contributed by atoms with Crippen molar-refractivity contribution in [2.75, 3.05) is 24.5 Å². The summed E-state index contributed by atoms with van der Waals surface area (Å²) in [7, 11) is 0. The van der Waals surface area contributed by atoms with E-state index >= 15 is 0 Å². The standard InChI is InChI=1S/C20H21F3N6O/c21-20(22,23)16-5-6-17-26-27-19(29(17)13-16)28-10-2-4-15(12-28)18(30)25-9-7-14-3-1-8-24-11-14/h1,3,5-6,8,11,13,15H,2,4,7,9-10,12H2,(H,25,30)/t15-/m1/s1. The molecule has 0 aliphatic carbocycles. The Kier molecular flexibility index (Phi) is 5.56. The van der Waals surface area contributed by atoms with Gasteiger partial charge in [0.05, 0.1) is 11.5 Å². The average Bonchev–Trinajstić information content (AvgIpc) is 3.17. The summed E-state index contributed by atoms with van der Waals surface area (Å²) in [5.74, 6) is 0.00292. The molecular formula is C20H21F3N6O. The van der Waals surface area contributed by atoms with Gasteiger partial charge in [0.15, 0.2) is 5.65 Å². The molecule has 3 aromatic rings. The lowest BCUT2D eigenvalue weighted by Gasteiger charge is -2.32. The summed E-state index contributed by atoms with van der Waals surface area (Å²) in [4.78, 5) is 18.5. The van der Waals surface area contributed by atoms with E-state index in [1.165, 1.54) is 10.5 Å². The summed E-state index contributed by atoms with van der Waals surface area (Å²) in [6.07, 6.45) is 2.17. The average molecular weight is 418 g/mol. The van der Waals surface area contributed by atoms with Gasteiger partial charge in [-0.1, -0.05) is 6.07 Å². The Hall–Kier alpha value is -3.17. The Morgan fingerprint density at radius 1 is 1.23 bits per heavy atom. The molecular weight excluding hydrogens is 397 g/mol. The summed E-state index contributed by atoms with van der Waals surface area (Å²) in [5, 5.41) is 11.0. The van der Waals surface area contributed by atoms with Crippen molar-refractivity contribution < 1.29 is 18.0 Å². The summed E-state index contributed by atoms with van der Waals surface area (Å²) in [6.45, 7) is 1.50. The molecule has 7 nitrogen and oxygen atoms in total. The number of piperidine rings is 1. The summed E-state index contributed by atoms with van der Waals surface area (Å²) in [5.41, 5.74) is 0.609. The largest absolute Gasteiger partial charge is 0.417 e. The molecule has 0 saturated carbocycles. The molecule has 0 unspecified atom stereocenters. The third-order valence-corrected chi connectivity index (χ3v) is 5.22. The van der Waals surface area contributed by atoms with Crippen molar-refractivity contribution in [3.8, 4) is 0 Å². The van der Waals surface area contributed by atoms with Gasteiger partial charge in [-0.05, 0) is 43.0 Å². The first-order valence-electron chi connectivity index (χ1n) is 9.75. The molecule has 0 radical (unpaired) electrons. The second kappa shape index (κ2) is 8.29. The lowest BCUT2D eigenvalue weighted by molar-refractivity contribution is -0.137. The van der Waals surface area contributed by atoms with E-state index in [2.05, 4.69) is 20.5 Å². The number of alkyl halides is 3. The molecule has 0 bridgehead atoms. The number of nitrogens with zero attached hydrogens (tertiary/aromatic N) is 5. The molecule has 1 atom stereocenters. The maximum atomic E-state index is 13.1. The van der Waals surface area contributed by atoms with E-state index in [0.717, 1.165) is 30.7 Å². The highest BCUT2D eigenvalue weighted by molar-refractivity contribution is 5.79. The second-order valence-corrected chi connectivity index (χ2v) is 7.33. The predicted octanol–water partition coefficient (Wildman–Crippen LogP) is 2.72. The highest BCUT2D eigenvalue weighted by Crippen LogP contribution is 2.30. The van der Waals surface area contributed by atoms with Gasteiger partial charge in [0, 0.05) is 38.2 Å². The van der Waals surface area contributed by atoms with Crippen molar-refractivity contribution in [1.82, 2.24) is 24.9 Å². The minimum absolute atomic E-state index is 0.0617. The zero-order chi connectivity index (χ0) is 21.1. The number of hydrogen-bond donors (Lipinski definition) is 1. The van der Waals surface area contributed by atoms with E-state index in [1.807, 2.05) is 17.0 Å². The van der Waals surface area contributed by atoms with Gasteiger partial charge in [-0.3, -0.25) is 14.2 Å². The lowest BCUT2D eigenvalue weighted by Crippen LogP contribution is -2.44.